The summed E-state index contributed by atoms with van der Waals surface area (Å²) in [4.78, 5) is 19.6. The van der Waals surface area contributed by atoms with E-state index in [-0.39, 0.29) is 11.9 Å². The van der Waals surface area contributed by atoms with Crippen molar-refractivity contribution in [2.75, 3.05) is 20.2 Å². The monoisotopic (exact) mass is 159 g/mol. The molecule has 1 aliphatic rings. The number of nitrogens with one attached hydrogen (secondary N) is 1. The highest BCUT2D eigenvalue weighted by Gasteiger charge is 2.23. The summed E-state index contributed by atoms with van der Waals surface area (Å²) in [6.07, 6.45) is 0.756. The summed E-state index contributed by atoms with van der Waals surface area (Å²) in [5.74, 6) is -0.478. The van der Waals surface area contributed by atoms with Gasteiger partial charge in [0.1, 0.15) is 0 Å². The molecule has 0 spiro atoms. The normalized spacial score (nSPS) is 24.6. The Hall–Kier alpha value is -0.650. The Balaban J connectivity index is 2.27. The number of carbonyl (C=O) groups excluding carboxylic acids is 1. The fraction of sp³-hybridized carbons (Fsp3) is 0.833. The molecule has 1 heterocycles. The van der Waals surface area contributed by atoms with Crippen LogP contribution in [0.4, 0.5) is 0 Å². The first kappa shape index (κ1) is 8.45. The molecule has 63 valence electrons. The predicted molar refractivity (Wildman–Crippen MR) is 36.2 cm³/mol. The standard InChI is InChI=1S/C6H11N2O3/c1-10-11-6(9)5-2-3-7-8-4-5/h5,7H,2-4H2,1H3. The summed E-state index contributed by atoms with van der Waals surface area (Å²) in [5, 5.41) is 0. The fourth-order valence-corrected chi connectivity index (χ4v) is 0.926. The Morgan fingerprint density at radius 3 is 3.09 bits per heavy atom. The van der Waals surface area contributed by atoms with Crippen LogP contribution < -0.4 is 10.9 Å². The SMILES string of the molecule is COOC(=O)C1CCN[N]C1. The number of hydrogen-bond donors (Lipinski definition) is 1. The van der Waals surface area contributed by atoms with E-state index in [2.05, 4.69) is 20.6 Å². The topological polar surface area (TPSA) is 61.7 Å². The minimum atomic E-state index is -0.335. The summed E-state index contributed by atoms with van der Waals surface area (Å²) < 4.78 is 0. The maximum atomic E-state index is 11.0. The Morgan fingerprint density at radius 1 is 1.73 bits per heavy atom. The largest absolute Gasteiger partial charge is 0.346 e. The molecule has 0 amide bonds. The molecule has 0 aromatic carbocycles. The molecule has 0 aliphatic carbocycles. The molecule has 1 fully saturated rings. The van der Waals surface area contributed by atoms with Gasteiger partial charge in [-0.2, -0.15) is 10.3 Å². The van der Waals surface area contributed by atoms with E-state index in [0.717, 1.165) is 13.0 Å². The van der Waals surface area contributed by atoms with Crippen molar-refractivity contribution in [3.05, 3.63) is 0 Å². The number of hydrogen-bond acceptors (Lipinski definition) is 4. The summed E-state index contributed by atoms with van der Waals surface area (Å²) in [7, 11) is 1.32. The summed E-state index contributed by atoms with van der Waals surface area (Å²) in [5.41, 5.74) is 6.64. The minimum Gasteiger partial charge on any atom is -0.298 e. The molecule has 1 rings (SSSR count). The van der Waals surface area contributed by atoms with Crippen molar-refractivity contribution >= 4 is 5.97 Å². The third-order valence-corrected chi connectivity index (χ3v) is 1.53. The molecule has 1 aliphatic heterocycles. The van der Waals surface area contributed by atoms with Gasteiger partial charge in [-0.3, -0.25) is 4.89 Å². The van der Waals surface area contributed by atoms with Crippen molar-refractivity contribution in [3.8, 4) is 0 Å². The Morgan fingerprint density at radius 2 is 2.55 bits per heavy atom. The first-order chi connectivity index (χ1) is 5.34. The van der Waals surface area contributed by atoms with Crippen LogP contribution in [0.2, 0.25) is 0 Å². The van der Waals surface area contributed by atoms with Crippen molar-refractivity contribution in [3.63, 3.8) is 0 Å². The second-order valence-corrected chi connectivity index (χ2v) is 2.30. The number of rotatable bonds is 2. The van der Waals surface area contributed by atoms with Crippen LogP contribution in [-0.4, -0.2) is 26.2 Å². The molecule has 0 bridgehead atoms. The third kappa shape index (κ3) is 2.45. The van der Waals surface area contributed by atoms with E-state index < -0.39 is 0 Å². The summed E-state index contributed by atoms with van der Waals surface area (Å²) in [6.45, 7) is 1.20. The van der Waals surface area contributed by atoms with Gasteiger partial charge in [0.05, 0.1) is 13.0 Å². The Labute approximate surface area is 64.9 Å². The molecular formula is C6H11N2O3. The first-order valence-corrected chi connectivity index (χ1v) is 3.48. The van der Waals surface area contributed by atoms with E-state index >= 15 is 0 Å². The van der Waals surface area contributed by atoms with E-state index in [1.54, 1.807) is 0 Å². The lowest BCUT2D eigenvalue weighted by Crippen LogP contribution is -2.40. The maximum absolute atomic E-state index is 11.0. The lowest BCUT2D eigenvalue weighted by atomic mass is 10.1. The van der Waals surface area contributed by atoms with Gasteiger partial charge in [0.15, 0.2) is 0 Å². The highest BCUT2D eigenvalue weighted by molar-refractivity contribution is 5.72. The van der Waals surface area contributed by atoms with Gasteiger partial charge < -0.3 is 0 Å². The first-order valence-electron chi connectivity index (χ1n) is 3.48. The molecule has 1 unspecified atom stereocenters. The van der Waals surface area contributed by atoms with Crippen LogP contribution in [0.25, 0.3) is 0 Å². The molecule has 1 atom stereocenters. The van der Waals surface area contributed by atoms with Crippen LogP contribution in [0.1, 0.15) is 6.42 Å². The zero-order valence-electron chi connectivity index (χ0n) is 6.37. The van der Waals surface area contributed by atoms with Gasteiger partial charge in [-0.1, -0.05) is 0 Å². The van der Waals surface area contributed by atoms with Gasteiger partial charge in [-0.25, -0.2) is 10.2 Å². The lowest BCUT2D eigenvalue weighted by Gasteiger charge is -2.18. The summed E-state index contributed by atoms with van der Waals surface area (Å²) in [6, 6.07) is 0. The third-order valence-electron chi connectivity index (χ3n) is 1.53. The van der Waals surface area contributed by atoms with E-state index in [1.165, 1.54) is 7.11 Å². The van der Waals surface area contributed by atoms with Crippen LogP contribution in [0.5, 0.6) is 0 Å². The van der Waals surface area contributed by atoms with Crippen molar-refractivity contribution in [1.29, 1.82) is 0 Å². The smallest absolute Gasteiger partial charge is 0.298 e. The minimum absolute atomic E-state index is 0.142. The summed E-state index contributed by atoms with van der Waals surface area (Å²) >= 11 is 0. The molecule has 5 heteroatoms. The van der Waals surface area contributed by atoms with Crippen LogP contribution >= 0.6 is 0 Å². The molecule has 1 saturated heterocycles. The van der Waals surface area contributed by atoms with Gasteiger partial charge in [-0.05, 0) is 6.42 Å². The van der Waals surface area contributed by atoms with E-state index in [0.29, 0.717) is 6.54 Å². The highest BCUT2D eigenvalue weighted by atomic mass is 17.2. The van der Waals surface area contributed by atoms with E-state index in [4.69, 9.17) is 0 Å². The van der Waals surface area contributed by atoms with Gasteiger partial charge in [0, 0.05) is 13.1 Å². The van der Waals surface area contributed by atoms with Crippen LogP contribution in [0.15, 0.2) is 0 Å². The van der Waals surface area contributed by atoms with Crippen LogP contribution in [-0.2, 0) is 14.6 Å². The quantitative estimate of drug-likeness (QED) is 0.424. The van der Waals surface area contributed by atoms with Crippen molar-refractivity contribution in [1.82, 2.24) is 10.9 Å². The van der Waals surface area contributed by atoms with Crippen LogP contribution in [0, 0.1) is 5.92 Å². The Bertz CT molecular complexity index is 134. The van der Waals surface area contributed by atoms with Gasteiger partial charge in [0.25, 0.3) is 0 Å². The molecule has 1 N–H and O–H groups in total. The predicted octanol–water partition coefficient (Wildman–Crippen LogP) is -0.780. The van der Waals surface area contributed by atoms with Crippen molar-refractivity contribution in [2.45, 2.75) is 6.42 Å². The molecule has 0 saturated carbocycles. The zero-order chi connectivity index (χ0) is 8.10. The second kappa shape index (κ2) is 4.27. The molecule has 1 radical (unpaired) electrons. The van der Waals surface area contributed by atoms with Crippen molar-refractivity contribution in [2.24, 2.45) is 5.92 Å². The molecular weight excluding hydrogens is 148 g/mol. The molecule has 0 aromatic heterocycles. The molecule has 0 aromatic rings. The Kier molecular flexibility index (Phi) is 3.28. The van der Waals surface area contributed by atoms with Crippen molar-refractivity contribution < 1.29 is 14.6 Å². The number of nitrogens with zero attached hydrogens (tertiary/aromatic N) is 1. The van der Waals surface area contributed by atoms with Gasteiger partial charge in [0.2, 0.25) is 0 Å². The number of carbonyl (C=O) groups is 1. The van der Waals surface area contributed by atoms with Gasteiger partial charge in [-0.15, -0.1) is 0 Å². The average molecular weight is 159 g/mol. The maximum Gasteiger partial charge on any atom is 0.346 e. The zero-order valence-corrected chi connectivity index (χ0v) is 6.37. The average Bonchev–Trinajstić information content (AvgIpc) is 2.07. The van der Waals surface area contributed by atoms with Gasteiger partial charge >= 0.3 is 5.97 Å². The second-order valence-electron chi connectivity index (χ2n) is 2.30. The van der Waals surface area contributed by atoms with E-state index in [9.17, 15) is 4.79 Å². The molecule has 11 heavy (non-hydrogen) atoms. The highest BCUT2D eigenvalue weighted by Crippen LogP contribution is 2.06. The fourth-order valence-electron chi connectivity index (χ4n) is 0.926. The van der Waals surface area contributed by atoms with Crippen LogP contribution in [0.3, 0.4) is 0 Å². The molecule has 5 nitrogen and oxygen atoms in total. The van der Waals surface area contributed by atoms with E-state index in [1.807, 2.05) is 0 Å². The lowest BCUT2D eigenvalue weighted by molar-refractivity contribution is -0.259.